The molecule has 23 heavy (non-hydrogen) atoms. The van der Waals surface area contributed by atoms with Gasteiger partial charge in [0.2, 0.25) is 0 Å². The van der Waals surface area contributed by atoms with Crippen molar-refractivity contribution in [1.82, 2.24) is 0 Å². The first-order valence-electron chi connectivity index (χ1n) is 6.82. The molecule has 0 aromatic rings. The Bertz CT molecular complexity index is 487. The Hall–Kier alpha value is -1.75. The van der Waals surface area contributed by atoms with E-state index in [2.05, 4.69) is 0 Å². The van der Waals surface area contributed by atoms with Gasteiger partial charge in [-0.3, -0.25) is 9.59 Å². The number of rotatable bonds is 6. The Morgan fingerprint density at radius 1 is 1.17 bits per heavy atom. The second kappa shape index (κ2) is 6.79. The third kappa shape index (κ3) is 5.13. The third-order valence-electron chi connectivity index (χ3n) is 3.60. The highest BCUT2D eigenvalue weighted by Crippen LogP contribution is 2.31. The minimum atomic E-state index is -2.37. The van der Waals surface area contributed by atoms with E-state index in [1.165, 1.54) is 0 Å². The number of aliphatic hydroxyl groups excluding tert-OH is 2. The van der Waals surface area contributed by atoms with Gasteiger partial charge in [-0.05, 0) is 6.92 Å². The van der Waals surface area contributed by atoms with Crippen LogP contribution in [-0.4, -0.2) is 78.1 Å². The van der Waals surface area contributed by atoms with Crippen molar-refractivity contribution >= 4 is 17.9 Å². The maximum absolute atomic E-state index is 11.7. The van der Waals surface area contributed by atoms with Crippen LogP contribution in [0.4, 0.5) is 0 Å². The van der Waals surface area contributed by atoms with E-state index >= 15 is 0 Å². The van der Waals surface area contributed by atoms with Gasteiger partial charge in [0.25, 0.3) is 0 Å². The molecule has 1 fully saturated rings. The Balaban J connectivity index is 2.75. The van der Waals surface area contributed by atoms with Crippen LogP contribution in [-0.2, 0) is 19.1 Å². The number of aliphatic carboxylic acids is 2. The molecule has 0 amide bonds. The van der Waals surface area contributed by atoms with Gasteiger partial charge in [-0.1, -0.05) is 0 Å². The number of ether oxygens (including phenoxy) is 1. The van der Waals surface area contributed by atoms with Crippen molar-refractivity contribution in [1.29, 1.82) is 0 Å². The summed E-state index contributed by atoms with van der Waals surface area (Å²) in [6, 6.07) is 0. The summed E-state index contributed by atoms with van der Waals surface area (Å²) in [7, 11) is 0. The lowest BCUT2D eigenvalue weighted by atomic mass is 9.79. The van der Waals surface area contributed by atoms with E-state index in [1.54, 1.807) is 0 Å². The standard InChI is InChI=1S/C13H20O10/c1-12(21,4-8(15)16)5-9(17)23-7-3-13(22,11(19)20)2-6(14)10(7)18/h6-7,10,14,18,21-22H,2-5H2,1H3,(H,15,16)(H,19,20)/t6-,7-,10+,12?,13-/m1/s1. The Morgan fingerprint density at radius 2 is 1.74 bits per heavy atom. The number of carboxylic acid groups (broad SMARTS) is 2. The van der Waals surface area contributed by atoms with Gasteiger partial charge in [0.15, 0.2) is 5.60 Å². The van der Waals surface area contributed by atoms with Gasteiger partial charge >= 0.3 is 17.9 Å². The van der Waals surface area contributed by atoms with Crippen molar-refractivity contribution in [2.45, 2.75) is 62.1 Å². The zero-order chi connectivity index (χ0) is 18.0. The number of carboxylic acids is 2. The topological polar surface area (TPSA) is 182 Å². The molecule has 0 aliphatic heterocycles. The molecule has 0 spiro atoms. The molecule has 1 aliphatic carbocycles. The zero-order valence-electron chi connectivity index (χ0n) is 12.4. The highest BCUT2D eigenvalue weighted by atomic mass is 16.6. The number of carbonyl (C=O) groups is 3. The Morgan fingerprint density at radius 3 is 2.22 bits per heavy atom. The molecule has 0 aromatic heterocycles. The second-order valence-corrected chi connectivity index (χ2v) is 6.08. The molecule has 1 rings (SSSR count). The minimum absolute atomic E-state index is 0.631. The smallest absolute Gasteiger partial charge is 0.335 e. The predicted octanol–water partition coefficient (Wildman–Crippen LogP) is -2.15. The number of carbonyl (C=O) groups excluding carboxylic acids is 1. The van der Waals surface area contributed by atoms with E-state index in [9.17, 15) is 34.8 Å². The number of hydrogen-bond acceptors (Lipinski definition) is 8. The van der Waals surface area contributed by atoms with E-state index in [0.29, 0.717) is 0 Å². The van der Waals surface area contributed by atoms with Crippen LogP contribution in [0.25, 0.3) is 0 Å². The van der Waals surface area contributed by atoms with E-state index in [0.717, 1.165) is 6.92 Å². The van der Waals surface area contributed by atoms with Gasteiger partial charge in [0, 0.05) is 12.8 Å². The monoisotopic (exact) mass is 336 g/mol. The van der Waals surface area contributed by atoms with Gasteiger partial charge in [-0.25, -0.2) is 4.79 Å². The lowest BCUT2D eigenvalue weighted by Gasteiger charge is -2.39. The largest absolute Gasteiger partial charge is 0.481 e. The van der Waals surface area contributed by atoms with E-state index < -0.39 is 73.1 Å². The van der Waals surface area contributed by atoms with Crippen LogP contribution < -0.4 is 0 Å². The molecule has 10 nitrogen and oxygen atoms in total. The molecule has 0 radical (unpaired) electrons. The normalized spacial score (nSPS) is 33.5. The molecule has 1 unspecified atom stereocenters. The van der Waals surface area contributed by atoms with Gasteiger partial charge in [0.05, 0.1) is 24.5 Å². The summed E-state index contributed by atoms with van der Waals surface area (Å²) in [6.45, 7) is 1.10. The van der Waals surface area contributed by atoms with Crippen LogP contribution in [0.15, 0.2) is 0 Å². The lowest BCUT2D eigenvalue weighted by molar-refractivity contribution is -0.199. The molecule has 1 aliphatic rings. The van der Waals surface area contributed by atoms with E-state index in [1.807, 2.05) is 0 Å². The first-order valence-corrected chi connectivity index (χ1v) is 6.82. The highest BCUT2D eigenvalue weighted by Gasteiger charge is 2.50. The van der Waals surface area contributed by atoms with Crippen molar-refractivity contribution in [3.8, 4) is 0 Å². The summed E-state index contributed by atoms with van der Waals surface area (Å²) < 4.78 is 4.81. The predicted molar refractivity (Wildman–Crippen MR) is 71.2 cm³/mol. The minimum Gasteiger partial charge on any atom is -0.481 e. The molecule has 0 aromatic carbocycles. The Labute approximate surface area is 130 Å². The zero-order valence-corrected chi connectivity index (χ0v) is 12.4. The van der Waals surface area contributed by atoms with Gasteiger partial charge in [-0.2, -0.15) is 0 Å². The lowest BCUT2D eigenvalue weighted by Crippen LogP contribution is -2.57. The Kier molecular flexibility index (Phi) is 5.69. The molecular formula is C13H20O10. The molecule has 10 heteroatoms. The first kappa shape index (κ1) is 19.3. The van der Waals surface area contributed by atoms with Gasteiger partial charge in [-0.15, -0.1) is 0 Å². The maximum atomic E-state index is 11.7. The first-order chi connectivity index (χ1) is 10.4. The average molecular weight is 336 g/mol. The van der Waals surface area contributed by atoms with Crippen molar-refractivity contribution in [2.24, 2.45) is 0 Å². The summed E-state index contributed by atoms with van der Waals surface area (Å²) >= 11 is 0. The number of aliphatic hydroxyl groups is 4. The van der Waals surface area contributed by atoms with Crippen LogP contribution in [0.1, 0.15) is 32.6 Å². The summed E-state index contributed by atoms with van der Waals surface area (Å²) in [5.74, 6) is -4.07. The SMILES string of the molecule is CC(O)(CC(=O)O)CC(=O)O[C@@H]1C[C@@](O)(C(=O)O)C[C@@H](O)[C@@H]1O. The summed E-state index contributed by atoms with van der Waals surface area (Å²) in [6.07, 6.45) is -7.46. The quantitative estimate of drug-likeness (QED) is 0.292. The average Bonchev–Trinajstić information content (AvgIpc) is 2.32. The number of esters is 1. The molecule has 0 heterocycles. The fourth-order valence-corrected chi connectivity index (χ4v) is 2.45. The van der Waals surface area contributed by atoms with Crippen molar-refractivity contribution in [2.75, 3.05) is 0 Å². The van der Waals surface area contributed by atoms with E-state index in [4.69, 9.17) is 14.9 Å². The van der Waals surface area contributed by atoms with Crippen LogP contribution in [0.2, 0.25) is 0 Å². The molecular weight excluding hydrogens is 316 g/mol. The van der Waals surface area contributed by atoms with Crippen molar-refractivity contribution < 1.29 is 49.8 Å². The molecule has 6 N–H and O–H groups in total. The van der Waals surface area contributed by atoms with Gasteiger partial charge < -0.3 is 35.4 Å². The van der Waals surface area contributed by atoms with Gasteiger partial charge in [0.1, 0.15) is 12.2 Å². The maximum Gasteiger partial charge on any atom is 0.335 e. The summed E-state index contributed by atoms with van der Waals surface area (Å²) in [5, 5.41) is 56.6. The molecule has 0 saturated heterocycles. The molecule has 0 bridgehead atoms. The highest BCUT2D eigenvalue weighted by molar-refractivity contribution is 5.78. The third-order valence-corrected chi connectivity index (χ3v) is 3.60. The fourth-order valence-electron chi connectivity index (χ4n) is 2.45. The fraction of sp³-hybridized carbons (Fsp3) is 0.769. The van der Waals surface area contributed by atoms with Crippen molar-refractivity contribution in [3.05, 3.63) is 0 Å². The molecule has 132 valence electrons. The van der Waals surface area contributed by atoms with E-state index in [-0.39, 0.29) is 0 Å². The van der Waals surface area contributed by atoms with Crippen LogP contribution in [0.3, 0.4) is 0 Å². The summed E-state index contributed by atoms with van der Waals surface area (Å²) in [5.41, 5.74) is -4.27. The van der Waals surface area contributed by atoms with Crippen LogP contribution >= 0.6 is 0 Å². The van der Waals surface area contributed by atoms with Crippen LogP contribution in [0.5, 0.6) is 0 Å². The van der Waals surface area contributed by atoms with Crippen LogP contribution in [0, 0.1) is 0 Å². The number of hydrogen-bond donors (Lipinski definition) is 6. The second-order valence-electron chi connectivity index (χ2n) is 6.08. The van der Waals surface area contributed by atoms with Crippen molar-refractivity contribution in [3.63, 3.8) is 0 Å². The summed E-state index contributed by atoms with van der Waals surface area (Å²) in [4.78, 5) is 33.3. The molecule has 5 atom stereocenters. The molecule has 1 saturated carbocycles.